The number of benzene rings is 2. The Bertz CT molecular complexity index is 808. The molecule has 0 aromatic heterocycles. The van der Waals surface area contributed by atoms with Crippen molar-refractivity contribution < 1.29 is 24.2 Å². The molecule has 3 rings (SSSR count). The molecule has 1 aliphatic heterocycles. The maximum absolute atomic E-state index is 12.1. The van der Waals surface area contributed by atoms with Crippen molar-refractivity contribution in [2.24, 2.45) is 0 Å². The number of likely N-dealkylation sites (tertiary alicyclic amines) is 1. The highest BCUT2D eigenvalue weighted by Gasteiger charge is 2.20. The van der Waals surface area contributed by atoms with E-state index in [1.165, 1.54) is 5.56 Å². The summed E-state index contributed by atoms with van der Waals surface area (Å²) in [5.74, 6) is 0.668. The molecule has 0 bridgehead atoms. The maximum Gasteiger partial charge on any atom is 0.255 e. The summed E-state index contributed by atoms with van der Waals surface area (Å²) >= 11 is 0. The minimum absolute atomic E-state index is 0.0452. The molecule has 7 heteroatoms. The number of anilines is 1. The van der Waals surface area contributed by atoms with Crippen LogP contribution in [0.4, 0.5) is 5.69 Å². The van der Waals surface area contributed by atoms with Crippen LogP contribution in [0.25, 0.3) is 0 Å². The Balaban J connectivity index is 0.000000619. The van der Waals surface area contributed by atoms with E-state index in [2.05, 4.69) is 24.2 Å². The van der Waals surface area contributed by atoms with Crippen molar-refractivity contribution in [3.05, 3.63) is 59.2 Å². The van der Waals surface area contributed by atoms with Gasteiger partial charge in [-0.2, -0.15) is 0 Å². The maximum atomic E-state index is 12.1. The van der Waals surface area contributed by atoms with E-state index in [-0.39, 0.29) is 12.0 Å². The minimum atomic E-state index is -0.116. The van der Waals surface area contributed by atoms with Crippen molar-refractivity contribution in [2.45, 2.75) is 45.8 Å². The third-order valence-electron chi connectivity index (χ3n) is 5.15. The number of aryl methyl sites for hydroxylation is 2. The van der Waals surface area contributed by atoms with Crippen LogP contribution in [0, 0.1) is 13.8 Å². The first-order chi connectivity index (χ1) is 15.3. The normalized spacial score (nSPS) is 17.2. The zero-order chi connectivity index (χ0) is 24.7. The summed E-state index contributed by atoms with van der Waals surface area (Å²) in [7, 11) is 3.73. The SMILES string of the molecule is C=O.C=O.CC1CC(O)CCN1C.COc1ccc(C(=O)Nc2ccc(C)cc2)cc1C. The van der Waals surface area contributed by atoms with Gasteiger partial charge in [0.1, 0.15) is 19.3 Å². The molecule has 0 saturated carbocycles. The number of piperidine rings is 1. The van der Waals surface area contributed by atoms with Gasteiger partial charge in [0.2, 0.25) is 0 Å². The molecular weight excluding hydrogens is 408 g/mol. The number of rotatable bonds is 3. The topological polar surface area (TPSA) is 95.9 Å². The lowest BCUT2D eigenvalue weighted by molar-refractivity contribution is -0.0987. The second kappa shape index (κ2) is 15.7. The number of amides is 1. The fraction of sp³-hybridized carbons (Fsp3) is 0.400. The fourth-order valence-electron chi connectivity index (χ4n) is 3.12. The molecule has 1 fully saturated rings. The number of hydrogen-bond acceptors (Lipinski definition) is 6. The molecule has 0 aliphatic carbocycles. The summed E-state index contributed by atoms with van der Waals surface area (Å²) in [4.78, 5) is 30.4. The Hall–Kier alpha value is -3.03. The number of nitrogens with zero attached hydrogens (tertiary/aromatic N) is 1. The van der Waals surface area contributed by atoms with Gasteiger partial charge in [-0.3, -0.25) is 4.79 Å². The van der Waals surface area contributed by atoms with E-state index in [4.69, 9.17) is 14.3 Å². The second-order valence-corrected chi connectivity index (χ2v) is 7.51. The molecule has 2 atom stereocenters. The Morgan fingerprint density at radius 2 is 1.69 bits per heavy atom. The molecule has 176 valence electrons. The van der Waals surface area contributed by atoms with Crippen LogP contribution in [0.1, 0.15) is 41.3 Å². The number of carbonyl (C=O) groups is 3. The lowest BCUT2D eigenvalue weighted by Gasteiger charge is -2.32. The van der Waals surface area contributed by atoms with E-state index in [9.17, 15) is 9.90 Å². The zero-order valence-corrected chi connectivity index (χ0v) is 19.8. The molecule has 1 heterocycles. The fourth-order valence-corrected chi connectivity index (χ4v) is 3.12. The second-order valence-electron chi connectivity index (χ2n) is 7.51. The summed E-state index contributed by atoms with van der Waals surface area (Å²) < 4.78 is 5.18. The average molecular weight is 445 g/mol. The van der Waals surface area contributed by atoms with Crippen LogP contribution in [-0.2, 0) is 9.59 Å². The van der Waals surface area contributed by atoms with Gasteiger partial charge >= 0.3 is 0 Å². The summed E-state index contributed by atoms with van der Waals surface area (Å²) in [5, 5.41) is 12.0. The number of carbonyl (C=O) groups excluding carboxylic acids is 3. The molecule has 2 aromatic rings. The van der Waals surface area contributed by atoms with Gasteiger partial charge in [0.25, 0.3) is 5.91 Å². The standard InChI is InChI=1S/C16H17NO2.C7H15NO.2CH2O/c1-11-4-7-14(8-5-11)17-16(18)13-6-9-15(19-3)12(2)10-13;1-6-5-7(9)3-4-8(6)2;2*1-2/h4-10H,1-3H3,(H,17,18);6-7,9H,3-5H2,1-2H3;2*1H2. The van der Waals surface area contributed by atoms with E-state index in [0.717, 1.165) is 36.4 Å². The highest BCUT2D eigenvalue weighted by Crippen LogP contribution is 2.19. The molecule has 0 spiro atoms. The first kappa shape index (κ1) is 29.0. The third kappa shape index (κ3) is 9.85. The van der Waals surface area contributed by atoms with Crippen molar-refractivity contribution in [3.63, 3.8) is 0 Å². The number of ether oxygens (including phenoxy) is 1. The molecule has 7 nitrogen and oxygen atoms in total. The summed E-state index contributed by atoms with van der Waals surface area (Å²) in [6, 6.07) is 13.7. The van der Waals surface area contributed by atoms with Crippen molar-refractivity contribution in [1.82, 2.24) is 4.90 Å². The van der Waals surface area contributed by atoms with Crippen molar-refractivity contribution in [2.75, 3.05) is 26.0 Å². The Morgan fingerprint density at radius 1 is 1.09 bits per heavy atom. The third-order valence-corrected chi connectivity index (χ3v) is 5.15. The van der Waals surface area contributed by atoms with Crippen LogP contribution < -0.4 is 10.1 Å². The highest BCUT2D eigenvalue weighted by atomic mass is 16.5. The first-order valence-corrected chi connectivity index (χ1v) is 10.3. The lowest BCUT2D eigenvalue weighted by atomic mass is 10.0. The molecule has 1 aliphatic rings. The van der Waals surface area contributed by atoms with Crippen LogP contribution in [-0.4, -0.2) is 62.3 Å². The van der Waals surface area contributed by atoms with Gasteiger partial charge in [-0.1, -0.05) is 17.7 Å². The number of methoxy groups -OCH3 is 1. The van der Waals surface area contributed by atoms with E-state index < -0.39 is 0 Å². The Kier molecular flexibility index (Phi) is 14.2. The van der Waals surface area contributed by atoms with Crippen LogP contribution in [0.5, 0.6) is 5.75 Å². The largest absolute Gasteiger partial charge is 0.496 e. The molecular formula is C25H36N2O5. The molecule has 0 radical (unpaired) electrons. The van der Waals surface area contributed by atoms with E-state index >= 15 is 0 Å². The van der Waals surface area contributed by atoms with Crippen LogP contribution >= 0.6 is 0 Å². The van der Waals surface area contributed by atoms with E-state index in [1.54, 1.807) is 19.2 Å². The van der Waals surface area contributed by atoms with Crippen molar-refractivity contribution >= 4 is 25.2 Å². The molecule has 2 unspecified atom stereocenters. The molecule has 2 aromatic carbocycles. The number of aliphatic hydroxyl groups excluding tert-OH is 1. The van der Waals surface area contributed by atoms with Crippen LogP contribution in [0.15, 0.2) is 42.5 Å². The van der Waals surface area contributed by atoms with Gasteiger partial charge in [0.05, 0.1) is 13.2 Å². The van der Waals surface area contributed by atoms with Crippen LogP contribution in [0.3, 0.4) is 0 Å². The average Bonchev–Trinajstić information content (AvgIpc) is 2.81. The number of nitrogens with one attached hydrogen (secondary N) is 1. The quantitative estimate of drug-likeness (QED) is 0.750. The molecule has 2 N–H and O–H groups in total. The van der Waals surface area contributed by atoms with Crippen molar-refractivity contribution in [3.8, 4) is 5.75 Å². The Morgan fingerprint density at radius 3 is 2.16 bits per heavy atom. The van der Waals surface area contributed by atoms with Gasteiger partial charge in [-0.25, -0.2) is 0 Å². The molecule has 1 amide bonds. The Labute approximate surface area is 191 Å². The van der Waals surface area contributed by atoms with Gasteiger partial charge in [0.15, 0.2) is 0 Å². The van der Waals surface area contributed by atoms with Gasteiger partial charge < -0.3 is 29.6 Å². The summed E-state index contributed by atoms with van der Waals surface area (Å²) in [5.41, 5.74) is 3.53. The van der Waals surface area contributed by atoms with Gasteiger partial charge in [-0.05, 0) is 76.6 Å². The molecule has 1 saturated heterocycles. The monoisotopic (exact) mass is 444 g/mol. The predicted octanol–water partition coefficient (Wildman–Crippen LogP) is 3.66. The van der Waals surface area contributed by atoms with Gasteiger partial charge in [-0.15, -0.1) is 0 Å². The number of aliphatic hydroxyl groups is 1. The number of hydrogen-bond donors (Lipinski definition) is 2. The predicted molar refractivity (Wildman–Crippen MR) is 128 cm³/mol. The summed E-state index contributed by atoms with van der Waals surface area (Å²) in [6.45, 7) is 11.1. The van der Waals surface area contributed by atoms with E-state index in [0.29, 0.717) is 11.6 Å². The highest BCUT2D eigenvalue weighted by molar-refractivity contribution is 6.04. The van der Waals surface area contributed by atoms with Crippen LogP contribution in [0.2, 0.25) is 0 Å². The smallest absolute Gasteiger partial charge is 0.255 e. The minimum Gasteiger partial charge on any atom is -0.496 e. The van der Waals surface area contributed by atoms with Gasteiger partial charge in [0, 0.05) is 23.8 Å². The first-order valence-electron chi connectivity index (χ1n) is 10.3. The lowest BCUT2D eigenvalue weighted by Crippen LogP contribution is -2.39. The van der Waals surface area contributed by atoms with Crippen molar-refractivity contribution in [1.29, 1.82) is 0 Å². The molecule has 32 heavy (non-hydrogen) atoms. The zero-order valence-electron chi connectivity index (χ0n) is 19.8. The summed E-state index contributed by atoms with van der Waals surface area (Å²) in [6.07, 6.45) is 1.84. The van der Waals surface area contributed by atoms with E-state index in [1.807, 2.05) is 57.8 Å².